The van der Waals surface area contributed by atoms with Crippen LogP contribution in [0.25, 0.3) is 10.2 Å². The summed E-state index contributed by atoms with van der Waals surface area (Å²) in [5.41, 5.74) is 2.65. The average molecular weight is 409 g/mol. The average Bonchev–Trinajstić information content (AvgIpc) is 3.18. The largest absolute Gasteiger partial charge is 0.488 e. The number of hydrogen-bond acceptors (Lipinski definition) is 8. The summed E-state index contributed by atoms with van der Waals surface area (Å²) in [5, 5.41) is 0. The lowest BCUT2D eigenvalue weighted by Gasteiger charge is -2.38. The molecule has 1 fully saturated rings. The van der Waals surface area contributed by atoms with Crippen molar-refractivity contribution in [1.29, 1.82) is 0 Å². The van der Waals surface area contributed by atoms with E-state index in [-0.39, 0.29) is 29.7 Å². The SMILES string of the molecule is [B]N(C(=C)N(S)c1ncccn1)C(=O)C1CC(Oc2cccc3scnc23)C1. The van der Waals surface area contributed by atoms with Crippen molar-refractivity contribution in [1.82, 2.24) is 19.8 Å². The maximum absolute atomic E-state index is 12.6. The molecule has 0 atom stereocenters. The monoisotopic (exact) mass is 409 g/mol. The summed E-state index contributed by atoms with van der Waals surface area (Å²) in [4.78, 5) is 26.1. The third kappa shape index (κ3) is 3.57. The van der Waals surface area contributed by atoms with Gasteiger partial charge in [0.2, 0.25) is 19.8 Å². The fourth-order valence-electron chi connectivity index (χ4n) is 2.94. The molecule has 0 saturated heterocycles. The molecule has 1 saturated carbocycles. The molecule has 10 heteroatoms. The number of carbonyl (C=O) groups excluding carboxylic acids is 1. The summed E-state index contributed by atoms with van der Waals surface area (Å²) >= 11 is 5.85. The number of ether oxygens (including phenoxy) is 1. The predicted octanol–water partition coefficient (Wildman–Crippen LogP) is 2.98. The smallest absolute Gasteiger partial charge is 0.241 e. The van der Waals surface area contributed by atoms with Gasteiger partial charge in [-0.3, -0.25) is 4.79 Å². The van der Waals surface area contributed by atoms with Gasteiger partial charge in [-0.15, -0.1) is 11.3 Å². The number of hydrogen-bond donors (Lipinski definition) is 1. The van der Waals surface area contributed by atoms with Crippen LogP contribution in [0.4, 0.5) is 5.95 Å². The van der Waals surface area contributed by atoms with Crippen LogP contribution in [0.1, 0.15) is 12.8 Å². The van der Waals surface area contributed by atoms with Gasteiger partial charge in [0.15, 0.2) is 0 Å². The number of fused-ring (bicyclic) bond motifs is 1. The predicted molar refractivity (Wildman–Crippen MR) is 112 cm³/mol. The molecule has 28 heavy (non-hydrogen) atoms. The summed E-state index contributed by atoms with van der Waals surface area (Å²) in [6.45, 7) is 3.82. The zero-order chi connectivity index (χ0) is 19.7. The number of carbonyl (C=O) groups is 1. The lowest BCUT2D eigenvalue weighted by atomic mass is 9.80. The zero-order valence-electron chi connectivity index (χ0n) is 14.8. The van der Waals surface area contributed by atoms with Crippen LogP contribution < -0.4 is 9.04 Å². The molecule has 2 aromatic heterocycles. The van der Waals surface area contributed by atoms with Crippen molar-refractivity contribution >= 4 is 54.2 Å². The number of benzene rings is 1. The van der Waals surface area contributed by atoms with Crippen LogP contribution in [-0.4, -0.2) is 39.8 Å². The topological polar surface area (TPSA) is 71.5 Å². The molecular formula is C18H16BN5O2S2. The molecule has 1 aromatic carbocycles. The Morgan fingerprint density at radius 1 is 1.25 bits per heavy atom. The van der Waals surface area contributed by atoms with Gasteiger partial charge >= 0.3 is 0 Å². The lowest BCUT2D eigenvalue weighted by molar-refractivity contribution is -0.135. The van der Waals surface area contributed by atoms with Gasteiger partial charge < -0.3 is 9.55 Å². The maximum atomic E-state index is 12.6. The van der Waals surface area contributed by atoms with Gasteiger partial charge in [0.05, 0.1) is 10.2 Å². The molecule has 0 unspecified atom stereocenters. The minimum atomic E-state index is -0.244. The minimum Gasteiger partial charge on any atom is -0.488 e. The number of aromatic nitrogens is 3. The zero-order valence-corrected chi connectivity index (χ0v) is 16.5. The molecule has 7 nitrogen and oxygen atoms in total. The number of rotatable bonds is 6. The van der Waals surface area contributed by atoms with Gasteiger partial charge in [0.1, 0.15) is 23.2 Å². The number of nitrogens with zero attached hydrogens (tertiary/aromatic N) is 5. The molecule has 1 aliphatic rings. The van der Waals surface area contributed by atoms with Gasteiger partial charge in [0, 0.05) is 18.3 Å². The van der Waals surface area contributed by atoms with Crippen LogP contribution in [0.3, 0.4) is 0 Å². The molecule has 0 aliphatic heterocycles. The molecule has 0 N–H and O–H groups in total. The highest BCUT2D eigenvalue weighted by Gasteiger charge is 2.38. The standard InChI is InChI=1S/C18H16BN5O2S2/c1-11(24(27)18-20-6-3-7-21-18)23(19)17(25)12-8-13(9-12)26-14-4-2-5-15-16(14)22-10-28-15/h2-7,10,12-13,27H,1,8-9H2. The first-order valence-corrected chi connectivity index (χ1v) is 9.85. The third-order valence-corrected chi connectivity index (χ3v) is 5.77. The first kappa shape index (κ1) is 18.8. The molecule has 140 valence electrons. The van der Waals surface area contributed by atoms with E-state index in [2.05, 4.69) is 34.3 Å². The Balaban J connectivity index is 1.34. The molecule has 1 amide bonds. The summed E-state index contributed by atoms with van der Waals surface area (Å²) in [6, 6.07) is 7.52. The summed E-state index contributed by atoms with van der Waals surface area (Å²) in [5.74, 6) is 0.722. The van der Waals surface area contributed by atoms with Crippen LogP contribution in [-0.2, 0) is 4.79 Å². The number of thiol groups is 1. The van der Waals surface area contributed by atoms with Crippen molar-refractivity contribution in [3.8, 4) is 5.75 Å². The molecule has 2 heterocycles. The molecule has 2 radical (unpaired) electrons. The second-order valence-electron chi connectivity index (χ2n) is 6.35. The number of amides is 1. The first-order chi connectivity index (χ1) is 13.5. The van der Waals surface area contributed by atoms with Crippen molar-refractivity contribution in [3.05, 3.63) is 54.6 Å². The van der Waals surface area contributed by atoms with Gasteiger partial charge in [0.25, 0.3) is 0 Å². The maximum Gasteiger partial charge on any atom is 0.241 e. The Hall–Kier alpha value is -2.59. The highest BCUT2D eigenvalue weighted by atomic mass is 32.1. The van der Waals surface area contributed by atoms with Gasteiger partial charge in [-0.2, -0.15) is 0 Å². The second kappa shape index (κ2) is 7.80. The molecule has 4 rings (SSSR count). The van der Waals surface area contributed by atoms with Crippen LogP contribution >= 0.6 is 24.2 Å². The number of anilines is 1. The Morgan fingerprint density at radius 3 is 2.75 bits per heavy atom. The lowest BCUT2D eigenvalue weighted by Crippen LogP contribution is -2.46. The van der Waals surface area contributed by atoms with E-state index in [0.29, 0.717) is 12.8 Å². The highest BCUT2D eigenvalue weighted by molar-refractivity contribution is 7.82. The van der Waals surface area contributed by atoms with Crippen molar-refractivity contribution in [2.45, 2.75) is 18.9 Å². The second-order valence-corrected chi connectivity index (χ2v) is 7.63. The quantitative estimate of drug-likeness (QED) is 0.499. The summed E-state index contributed by atoms with van der Waals surface area (Å²) in [7, 11) is 5.96. The van der Waals surface area contributed by atoms with Crippen LogP contribution in [0.2, 0.25) is 0 Å². The van der Waals surface area contributed by atoms with E-state index in [1.165, 1.54) is 4.31 Å². The van der Waals surface area contributed by atoms with Gasteiger partial charge in [-0.25, -0.2) is 19.3 Å². The van der Waals surface area contributed by atoms with Crippen LogP contribution in [0, 0.1) is 5.92 Å². The molecule has 0 bridgehead atoms. The van der Waals surface area contributed by atoms with Crippen LogP contribution in [0.15, 0.2) is 54.6 Å². The third-order valence-electron chi connectivity index (χ3n) is 4.56. The Morgan fingerprint density at radius 2 is 2.00 bits per heavy atom. The van der Waals surface area contributed by atoms with E-state index < -0.39 is 0 Å². The fourth-order valence-corrected chi connectivity index (χ4v) is 3.83. The van der Waals surface area contributed by atoms with Gasteiger partial charge in [-0.05, 0) is 31.0 Å². The van der Waals surface area contributed by atoms with E-state index in [1.807, 2.05) is 18.2 Å². The van der Waals surface area contributed by atoms with Crippen molar-refractivity contribution in [2.24, 2.45) is 5.92 Å². The van der Waals surface area contributed by atoms with Gasteiger partial charge in [-0.1, -0.05) is 25.5 Å². The normalized spacial score (nSPS) is 18.3. The summed E-state index contributed by atoms with van der Waals surface area (Å²) < 4.78 is 8.37. The molecule has 0 spiro atoms. The first-order valence-electron chi connectivity index (χ1n) is 8.57. The van der Waals surface area contributed by atoms with Crippen molar-refractivity contribution in [3.63, 3.8) is 0 Å². The Kier molecular flexibility index (Phi) is 5.23. The van der Waals surface area contributed by atoms with E-state index >= 15 is 0 Å². The summed E-state index contributed by atoms with van der Waals surface area (Å²) in [6.07, 6.45) is 4.24. The molecule has 3 aromatic rings. The fraction of sp³-hybridized carbons (Fsp3) is 0.222. The number of thiazole rings is 1. The highest BCUT2D eigenvalue weighted by Crippen LogP contribution is 2.36. The van der Waals surface area contributed by atoms with Crippen molar-refractivity contribution < 1.29 is 9.53 Å². The van der Waals surface area contributed by atoms with E-state index in [1.54, 1.807) is 35.3 Å². The molecule has 1 aliphatic carbocycles. The Bertz CT molecular complexity index is 1010. The molecular weight excluding hydrogens is 393 g/mol. The number of para-hydroxylation sites is 1. The van der Waals surface area contributed by atoms with E-state index in [0.717, 1.165) is 20.8 Å². The Labute approximate surface area is 173 Å². The van der Waals surface area contributed by atoms with E-state index in [9.17, 15) is 4.79 Å². The van der Waals surface area contributed by atoms with Crippen LogP contribution in [0.5, 0.6) is 5.75 Å². The minimum absolute atomic E-state index is 0.0486. The van der Waals surface area contributed by atoms with E-state index in [4.69, 9.17) is 12.7 Å². The van der Waals surface area contributed by atoms with Crippen molar-refractivity contribution in [2.75, 3.05) is 4.31 Å².